The molecule has 5 heteroatoms. The highest BCUT2D eigenvalue weighted by Gasteiger charge is 2.24. The Morgan fingerprint density at radius 3 is 3.22 bits per heavy atom. The summed E-state index contributed by atoms with van der Waals surface area (Å²) in [6.45, 7) is 3.85. The van der Waals surface area contributed by atoms with E-state index in [-0.39, 0.29) is 5.91 Å². The second-order valence-corrected chi connectivity index (χ2v) is 4.74. The van der Waals surface area contributed by atoms with Crippen molar-refractivity contribution in [3.8, 4) is 0 Å². The number of carbonyl (C=O) groups excluding carboxylic acids is 1. The number of amides is 1. The maximum Gasteiger partial charge on any atom is 0.272 e. The van der Waals surface area contributed by atoms with E-state index >= 15 is 0 Å². The van der Waals surface area contributed by atoms with E-state index in [0.29, 0.717) is 17.3 Å². The number of rotatable bonds is 3. The van der Waals surface area contributed by atoms with Gasteiger partial charge in [-0.3, -0.25) is 15.6 Å². The molecule has 1 unspecified atom stereocenters. The molecule has 1 aromatic heterocycles. The Hall–Kier alpha value is -1.62. The van der Waals surface area contributed by atoms with Crippen molar-refractivity contribution in [2.75, 3.05) is 18.5 Å². The Morgan fingerprint density at radius 2 is 2.50 bits per heavy atom. The monoisotopic (exact) mass is 248 g/mol. The number of carbonyl (C=O) groups is 1. The average molecular weight is 248 g/mol. The Morgan fingerprint density at radius 1 is 1.67 bits per heavy atom. The summed E-state index contributed by atoms with van der Waals surface area (Å²) in [4.78, 5) is 18.4. The minimum absolute atomic E-state index is 0.00486. The van der Waals surface area contributed by atoms with Crippen molar-refractivity contribution in [3.63, 3.8) is 0 Å². The van der Waals surface area contributed by atoms with E-state index in [4.69, 9.17) is 5.84 Å². The molecule has 98 valence electrons. The molecule has 1 atom stereocenters. The summed E-state index contributed by atoms with van der Waals surface area (Å²) < 4.78 is 0. The third-order valence-electron chi connectivity index (χ3n) is 3.53. The van der Waals surface area contributed by atoms with Crippen LogP contribution in [0.1, 0.15) is 36.7 Å². The molecule has 1 aliphatic rings. The van der Waals surface area contributed by atoms with E-state index in [1.807, 2.05) is 4.90 Å². The van der Waals surface area contributed by atoms with E-state index in [9.17, 15) is 4.79 Å². The van der Waals surface area contributed by atoms with Gasteiger partial charge in [-0.2, -0.15) is 0 Å². The zero-order chi connectivity index (χ0) is 13.0. The van der Waals surface area contributed by atoms with Crippen LogP contribution in [0.3, 0.4) is 0 Å². The highest BCUT2D eigenvalue weighted by atomic mass is 16.2. The van der Waals surface area contributed by atoms with Crippen LogP contribution >= 0.6 is 0 Å². The van der Waals surface area contributed by atoms with Crippen molar-refractivity contribution >= 4 is 11.6 Å². The number of aromatic nitrogens is 1. The van der Waals surface area contributed by atoms with E-state index in [1.165, 1.54) is 6.42 Å². The molecule has 3 N–H and O–H groups in total. The van der Waals surface area contributed by atoms with Crippen LogP contribution in [0.2, 0.25) is 0 Å². The fourth-order valence-corrected chi connectivity index (χ4v) is 2.38. The van der Waals surface area contributed by atoms with Gasteiger partial charge in [0.05, 0.1) is 5.69 Å². The van der Waals surface area contributed by atoms with Crippen molar-refractivity contribution in [2.24, 2.45) is 11.8 Å². The first-order chi connectivity index (χ1) is 8.74. The highest BCUT2D eigenvalue weighted by Crippen LogP contribution is 2.20. The van der Waals surface area contributed by atoms with Gasteiger partial charge >= 0.3 is 0 Å². The molecule has 1 fully saturated rings. The third kappa shape index (κ3) is 2.79. The summed E-state index contributed by atoms with van der Waals surface area (Å²) in [6, 6.07) is 3.43. The number of nitrogens with two attached hydrogens (primary N) is 1. The molecule has 1 aromatic rings. The zero-order valence-corrected chi connectivity index (χ0v) is 10.7. The first kappa shape index (κ1) is 12.8. The van der Waals surface area contributed by atoms with Crippen LogP contribution in [0.4, 0.5) is 5.69 Å². The lowest BCUT2D eigenvalue weighted by atomic mass is 9.95. The minimum atomic E-state index is 0.00486. The topological polar surface area (TPSA) is 71.2 Å². The highest BCUT2D eigenvalue weighted by molar-refractivity contribution is 5.93. The van der Waals surface area contributed by atoms with Crippen LogP contribution < -0.4 is 11.3 Å². The Bertz CT molecular complexity index is 421. The van der Waals surface area contributed by atoms with Gasteiger partial charge < -0.3 is 10.3 Å². The Labute approximate surface area is 107 Å². The third-order valence-corrected chi connectivity index (χ3v) is 3.53. The molecule has 18 heavy (non-hydrogen) atoms. The van der Waals surface area contributed by atoms with E-state index < -0.39 is 0 Å². The lowest BCUT2D eigenvalue weighted by Crippen LogP contribution is -2.40. The largest absolute Gasteiger partial charge is 0.337 e. The fraction of sp³-hybridized carbons (Fsp3) is 0.538. The minimum Gasteiger partial charge on any atom is -0.337 e. The van der Waals surface area contributed by atoms with Crippen molar-refractivity contribution in [3.05, 3.63) is 24.0 Å². The quantitative estimate of drug-likeness (QED) is 0.630. The molecule has 0 aliphatic carbocycles. The number of hydrazine groups is 1. The number of pyridine rings is 1. The summed E-state index contributed by atoms with van der Waals surface area (Å²) in [5, 5.41) is 0. The number of likely N-dealkylation sites (tertiary alicyclic amines) is 1. The van der Waals surface area contributed by atoms with Crippen LogP contribution in [0.5, 0.6) is 0 Å². The predicted octanol–water partition coefficient (Wildman–Crippen LogP) is 1.63. The Balaban J connectivity index is 2.10. The number of nitrogens with zero attached hydrogens (tertiary/aromatic N) is 2. The smallest absolute Gasteiger partial charge is 0.272 e. The van der Waals surface area contributed by atoms with Gasteiger partial charge in [-0.15, -0.1) is 0 Å². The molecule has 2 heterocycles. The van der Waals surface area contributed by atoms with Crippen LogP contribution in [-0.4, -0.2) is 28.9 Å². The molecule has 0 spiro atoms. The van der Waals surface area contributed by atoms with Crippen LogP contribution in [0.15, 0.2) is 18.3 Å². The number of piperidine rings is 1. The summed E-state index contributed by atoms with van der Waals surface area (Å²) in [5.41, 5.74) is 3.70. The van der Waals surface area contributed by atoms with Gasteiger partial charge in [-0.25, -0.2) is 0 Å². The van der Waals surface area contributed by atoms with Crippen molar-refractivity contribution in [2.45, 2.75) is 26.2 Å². The van der Waals surface area contributed by atoms with Gasteiger partial charge in [-0.05, 0) is 30.9 Å². The van der Waals surface area contributed by atoms with Gasteiger partial charge in [0.15, 0.2) is 0 Å². The summed E-state index contributed by atoms with van der Waals surface area (Å²) in [6.07, 6.45) is 5.03. The van der Waals surface area contributed by atoms with E-state index in [0.717, 1.165) is 25.9 Å². The van der Waals surface area contributed by atoms with Crippen molar-refractivity contribution < 1.29 is 4.79 Å². The standard InChI is InChI=1S/C13H20N4O/c1-2-10-4-3-7-17(9-10)13(18)12-8-11(16-14)5-6-15-12/h5-6,8,10H,2-4,7,9,14H2,1H3,(H,15,16). The average Bonchev–Trinajstić information content (AvgIpc) is 2.46. The molecule has 5 nitrogen and oxygen atoms in total. The van der Waals surface area contributed by atoms with Crippen LogP contribution in [0, 0.1) is 5.92 Å². The Kier molecular flexibility index (Phi) is 4.15. The van der Waals surface area contributed by atoms with Gasteiger partial charge in [-0.1, -0.05) is 13.3 Å². The molecular formula is C13H20N4O. The molecule has 1 saturated heterocycles. The van der Waals surface area contributed by atoms with Gasteiger partial charge in [0.25, 0.3) is 5.91 Å². The number of nitrogen functional groups attached to an aromatic ring is 1. The lowest BCUT2D eigenvalue weighted by Gasteiger charge is -2.32. The van der Waals surface area contributed by atoms with E-state index in [1.54, 1.807) is 18.3 Å². The summed E-state index contributed by atoms with van der Waals surface area (Å²) >= 11 is 0. The maximum atomic E-state index is 12.3. The van der Waals surface area contributed by atoms with Crippen molar-refractivity contribution in [1.82, 2.24) is 9.88 Å². The first-order valence-corrected chi connectivity index (χ1v) is 6.46. The van der Waals surface area contributed by atoms with E-state index in [2.05, 4.69) is 17.3 Å². The molecule has 0 radical (unpaired) electrons. The molecule has 0 aromatic carbocycles. The summed E-state index contributed by atoms with van der Waals surface area (Å²) in [7, 11) is 0. The predicted molar refractivity (Wildman–Crippen MR) is 71.0 cm³/mol. The first-order valence-electron chi connectivity index (χ1n) is 6.46. The van der Waals surface area contributed by atoms with Gasteiger partial charge in [0.1, 0.15) is 5.69 Å². The lowest BCUT2D eigenvalue weighted by molar-refractivity contribution is 0.0665. The zero-order valence-electron chi connectivity index (χ0n) is 10.7. The molecule has 0 bridgehead atoms. The second kappa shape index (κ2) is 5.82. The molecule has 1 aliphatic heterocycles. The molecule has 2 rings (SSSR count). The maximum absolute atomic E-state index is 12.3. The van der Waals surface area contributed by atoms with Crippen LogP contribution in [0.25, 0.3) is 0 Å². The van der Waals surface area contributed by atoms with Gasteiger partial charge in [0.2, 0.25) is 0 Å². The summed E-state index contributed by atoms with van der Waals surface area (Å²) in [5.74, 6) is 5.97. The SMILES string of the molecule is CCC1CCCN(C(=O)c2cc(NN)ccn2)C1. The van der Waals surface area contributed by atoms with Crippen molar-refractivity contribution in [1.29, 1.82) is 0 Å². The molecule has 0 saturated carbocycles. The number of nitrogens with one attached hydrogen (secondary N) is 1. The number of hydrogen-bond donors (Lipinski definition) is 2. The fourth-order valence-electron chi connectivity index (χ4n) is 2.38. The van der Waals surface area contributed by atoms with Gasteiger partial charge in [0, 0.05) is 19.3 Å². The second-order valence-electron chi connectivity index (χ2n) is 4.74. The number of hydrogen-bond acceptors (Lipinski definition) is 4. The van der Waals surface area contributed by atoms with Crippen LogP contribution in [-0.2, 0) is 0 Å². The normalized spacial score (nSPS) is 19.7. The molecule has 1 amide bonds. The molecular weight excluding hydrogens is 228 g/mol. The number of anilines is 1.